The standard InChI is InChI=1S/C16H14ClN3O2/c1-10-3-6-15(13(8-21)18-10)22-9-11-4-5-14-12(7-11)16(17)19-20(14)2/h3-8H,9H2,1-2H3. The normalized spacial score (nSPS) is 10.9. The second-order valence-electron chi connectivity index (χ2n) is 5.01. The Hall–Kier alpha value is -2.40. The number of aromatic nitrogens is 3. The van der Waals surface area contributed by atoms with Crippen molar-refractivity contribution in [2.24, 2.45) is 7.05 Å². The molecule has 0 saturated heterocycles. The van der Waals surface area contributed by atoms with Gasteiger partial charge in [-0.15, -0.1) is 0 Å². The number of hydrogen-bond donors (Lipinski definition) is 0. The largest absolute Gasteiger partial charge is 0.487 e. The molecule has 0 aliphatic carbocycles. The van der Waals surface area contributed by atoms with E-state index in [4.69, 9.17) is 16.3 Å². The average molecular weight is 316 g/mol. The number of halogens is 1. The smallest absolute Gasteiger partial charge is 0.172 e. The Kier molecular flexibility index (Phi) is 3.81. The SMILES string of the molecule is Cc1ccc(OCc2ccc3c(c2)c(Cl)nn3C)c(C=O)n1. The number of fused-ring (bicyclic) bond motifs is 1. The molecule has 0 atom stereocenters. The van der Waals surface area contributed by atoms with E-state index in [-0.39, 0.29) is 0 Å². The molecule has 22 heavy (non-hydrogen) atoms. The number of carbonyl (C=O) groups is 1. The fourth-order valence-electron chi connectivity index (χ4n) is 2.29. The number of nitrogens with zero attached hydrogens (tertiary/aromatic N) is 3. The number of carbonyl (C=O) groups excluding carboxylic acids is 1. The Labute approximate surface area is 132 Å². The van der Waals surface area contributed by atoms with E-state index in [0.29, 0.717) is 29.5 Å². The fourth-order valence-corrected chi connectivity index (χ4v) is 2.56. The van der Waals surface area contributed by atoms with E-state index < -0.39 is 0 Å². The van der Waals surface area contributed by atoms with Gasteiger partial charge in [0, 0.05) is 18.1 Å². The van der Waals surface area contributed by atoms with E-state index in [1.54, 1.807) is 10.7 Å². The van der Waals surface area contributed by atoms with E-state index in [1.807, 2.05) is 38.2 Å². The van der Waals surface area contributed by atoms with E-state index in [2.05, 4.69) is 10.1 Å². The van der Waals surface area contributed by atoms with Gasteiger partial charge in [0.1, 0.15) is 18.1 Å². The average Bonchev–Trinajstić information content (AvgIpc) is 2.80. The molecule has 0 saturated carbocycles. The lowest BCUT2D eigenvalue weighted by atomic mass is 10.2. The number of pyridine rings is 1. The molecule has 0 aliphatic heterocycles. The number of benzene rings is 1. The highest BCUT2D eigenvalue weighted by molar-refractivity contribution is 6.34. The molecule has 6 heteroatoms. The lowest BCUT2D eigenvalue weighted by molar-refractivity contribution is 0.111. The molecule has 3 rings (SSSR count). The summed E-state index contributed by atoms with van der Waals surface area (Å²) in [5.74, 6) is 0.470. The number of hydrogen-bond acceptors (Lipinski definition) is 4. The summed E-state index contributed by atoms with van der Waals surface area (Å²) < 4.78 is 7.43. The molecule has 2 heterocycles. The molecular formula is C16H14ClN3O2. The molecule has 0 unspecified atom stereocenters. The summed E-state index contributed by atoms with van der Waals surface area (Å²) in [6.45, 7) is 2.15. The van der Waals surface area contributed by atoms with Crippen LogP contribution >= 0.6 is 11.6 Å². The van der Waals surface area contributed by atoms with Gasteiger partial charge in [0.15, 0.2) is 11.4 Å². The van der Waals surface area contributed by atoms with Gasteiger partial charge in [-0.1, -0.05) is 17.7 Å². The molecule has 0 fully saturated rings. The van der Waals surface area contributed by atoms with Crippen LogP contribution in [0, 0.1) is 6.92 Å². The van der Waals surface area contributed by atoms with Crippen LogP contribution < -0.4 is 4.74 Å². The molecule has 3 aromatic rings. The van der Waals surface area contributed by atoms with Crippen molar-refractivity contribution in [3.8, 4) is 5.75 Å². The van der Waals surface area contributed by atoms with Gasteiger partial charge in [0.2, 0.25) is 0 Å². The van der Waals surface area contributed by atoms with E-state index in [0.717, 1.165) is 22.2 Å². The second kappa shape index (κ2) is 5.77. The van der Waals surface area contributed by atoms with Crippen molar-refractivity contribution in [3.05, 3.63) is 52.4 Å². The van der Waals surface area contributed by atoms with Crippen molar-refractivity contribution in [1.82, 2.24) is 14.8 Å². The molecule has 0 bridgehead atoms. The number of aldehydes is 1. The van der Waals surface area contributed by atoms with Crippen LogP contribution in [0.5, 0.6) is 5.75 Å². The van der Waals surface area contributed by atoms with Gasteiger partial charge in [-0.3, -0.25) is 9.48 Å². The Bertz CT molecular complexity index is 858. The monoisotopic (exact) mass is 315 g/mol. The Morgan fingerprint density at radius 1 is 1.32 bits per heavy atom. The van der Waals surface area contributed by atoms with Crippen LogP contribution in [0.4, 0.5) is 0 Å². The topological polar surface area (TPSA) is 57.0 Å². The first-order chi connectivity index (χ1) is 10.6. The summed E-state index contributed by atoms with van der Waals surface area (Å²) in [5.41, 5.74) is 2.98. The Morgan fingerprint density at radius 2 is 2.14 bits per heavy atom. The Morgan fingerprint density at radius 3 is 2.91 bits per heavy atom. The number of ether oxygens (including phenoxy) is 1. The zero-order valence-corrected chi connectivity index (χ0v) is 13.0. The highest BCUT2D eigenvalue weighted by Crippen LogP contribution is 2.24. The molecule has 0 N–H and O–H groups in total. The summed E-state index contributed by atoms with van der Waals surface area (Å²) in [6, 6.07) is 9.39. The van der Waals surface area contributed by atoms with Crippen molar-refractivity contribution < 1.29 is 9.53 Å². The maximum Gasteiger partial charge on any atom is 0.172 e. The molecular weight excluding hydrogens is 302 g/mol. The molecule has 5 nitrogen and oxygen atoms in total. The quantitative estimate of drug-likeness (QED) is 0.693. The molecule has 2 aromatic heterocycles. The van der Waals surface area contributed by atoms with Gasteiger partial charge in [0.25, 0.3) is 0 Å². The van der Waals surface area contributed by atoms with Gasteiger partial charge < -0.3 is 4.74 Å². The van der Waals surface area contributed by atoms with Gasteiger partial charge in [-0.2, -0.15) is 5.10 Å². The number of rotatable bonds is 4. The van der Waals surface area contributed by atoms with Crippen molar-refractivity contribution in [1.29, 1.82) is 0 Å². The van der Waals surface area contributed by atoms with E-state index in [9.17, 15) is 4.79 Å². The first kappa shape index (κ1) is 14.5. The molecule has 112 valence electrons. The van der Waals surface area contributed by atoms with Crippen LogP contribution in [0.1, 0.15) is 21.7 Å². The van der Waals surface area contributed by atoms with Crippen molar-refractivity contribution in [3.63, 3.8) is 0 Å². The minimum Gasteiger partial charge on any atom is -0.487 e. The van der Waals surface area contributed by atoms with Gasteiger partial charge in [0.05, 0.1) is 5.52 Å². The summed E-state index contributed by atoms with van der Waals surface area (Å²) in [6.07, 6.45) is 0.698. The van der Waals surface area contributed by atoms with Crippen LogP contribution in [-0.2, 0) is 13.7 Å². The van der Waals surface area contributed by atoms with Gasteiger partial charge in [-0.25, -0.2) is 4.98 Å². The third-order valence-electron chi connectivity index (χ3n) is 3.40. The van der Waals surface area contributed by atoms with Gasteiger partial charge >= 0.3 is 0 Å². The maximum absolute atomic E-state index is 11.0. The lowest BCUT2D eigenvalue weighted by Crippen LogP contribution is -2.01. The minimum absolute atomic E-state index is 0.306. The van der Waals surface area contributed by atoms with Crippen LogP contribution in [0.2, 0.25) is 5.15 Å². The van der Waals surface area contributed by atoms with Crippen molar-refractivity contribution in [2.45, 2.75) is 13.5 Å². The van der Waals surface area contributed by atoms with E-state index in [1.165, 1.54) is 0 Å². The van der Waals surface area contributed by atoms with Crippen LogP contribution in [0.3, 0.4) is 0 Å². The van der Waals surface area contributed by atoms with Crippen molar-refractivity contribution in [2.75, 3.05) is 0 Å². The lowest BCUT2D eigenvalue weighted by Gasteiger charge is -2.08. The van der Waals surface area contributed by atoms with Gasteiger partial charge in [-0.05, 0) is 36.8 Å². The first-order valence-corrected chi connectivity index (χ1v) is 7.13. The minimum atomic E-state index is 0.306. The third kappa shape index (κ3) is 2.67. The summed E-state index contributed by atoms with van der Waals surface area (Å²) in [5, 5.41) is 5.51. The van der Waals surface area contributed by atoms with Crippen LogP contribution in [-0.4, -0.2) is 21.1 Å². The molecule has 0 spiro atoms. The predicted octanol–water partition coefficient (Wildman–Crippen LogP) is 3.32. The highest BCUT2D eigenvalue weighted by Gasteiger charge is 2.09. The summed E-state index contributed by atoms with van der Waals surface area (Å²) in [4.78, 5) is 15.2. The van der Waals surface area contributed by atoms with Crippen molar-refractivity contribution >= 4 is 28.8 Å². The first-order valence-electron chi connectivity index (χ1n) is 6.75. The zero-order chi connectivity index (χ0) is 15.7. The third-order valence-corrected chi connectivity index (χ3v) is 3.68. The highest BCUT2D eigenvalue weighted by atomic mass is 35.5. The molecule has 1 aromatic carbocycles. The number of aryl methyl sites for hydroxylation is 2. The van der Waals surface area contributed by atoms with Crippen LogP contribution in [0.15, 0.2) is 30.3 Å². The Balaban J connectivity index is 1.85. The molecule has 0 radical (unpaired) electrons. The van der Waals surface area contributed by atoms with E-state index >= 15 is 0 Å². The second-order valence-corrected chi connectivity index (χ2v) is 5.37. The zero-order valence-electron chi connectivity index (χ0n) is 12.2. The summed E-state index contributed by atoms with van der Waals surface area (Å²) >= 11 is 6.10. The summed E-state index contributed by atoms with van der Waals surface area (Å²) in [7, 11) is 1.85. The van der Waals surface area contributed by atoms with Crippen LogP contribution in [0.25, 0.3) is 10.9 Å². The predicted molar refractivity (Wildman–Crippen MR) is 84.4 cm³/mol. The maximum atomic E-state index is 11.0. The molecule has 0 amide bonds. The fraction of sp³-hybridized carbons (Fsp3) is 0.188. The molecule has 0 aliphatic rings.